The molecule has 1 aromatic heterocycles. The number of nitrogens with one attached hydrogen (secondary N) is 1. The Hall–Kier alpha value is -2.53. The number of amides is 1. The van der Waals surface area contributed by atoms with Gasteiger partial charge >= 0.3 is 5.97 Å². The Morgan fingerprint density at radius 2 is 2.09 bits per heavy atom. The molecule has 1 unspecified atom stereocenters. The fourth-order valence-electron chi connectivity index (χ4n) is 3.83. The summed E-state index contributed by atoms with van der Waals surface area (Å²) in [6.45, 7) is 1.80. The van der Waals surface area contributed by atoms with Crippen LogP contribution in [0, 0.1) is 17.2 Å². The number of hydrogen-bond donors (Lipinski definition) is 1. The molecule has 164 valence electrons. The molecule has 1 amide bonds. The molecule has 0 aliphatic heterocycles. The number of ether oxygens (including phenoxy) is 1. The van der Waals surface area contributed by atoms with Crippen molar-refractivity contribution in [3.8, 4) is 6.07 Å². The van der Waals surface area contributed by atoms with E-state index >= 15 is 0 Å². The summed E-state index contributed by atoms with van der Waals surface area (Å²) in [6.07, 6.45) is 2.83. The van der Waals surface area contributed by atoms with E-state index in [9.17, 15) is 14.9 Å². The molecule has 0 saturated carbocycles. The number of halogens is 1. The fourth-order valence-corrected chi connectivity index (χ4v) is 6.45. The van der Waals surface area contributed by atoms with E-state index in [1.54, 1.807) is 0 Å². The van der Waals surface area contributed by atoms with Gasteiger partial charge < -0.3 is 10.1 Å². The van der Waals surface area contributed by atoms with Crippen LogP contribution >= 0.6 is 34.7 Å². The molecule has 0 fully saturated rings. The van der Waals surface area contributed by atoms with Crippen LogP contribution in [0.1, 0.15) is 29.3 Å². The molecule has 0 radical (unpaired) electrons. The molecule has 1 aliphatic carbocycles. The van der Waals surface area contributed by atoms with Gasteiger partial charge in [0.1, 0.15) is 11.1 Å². The van der Waals surface area contributed by atoms with Crippen molar-refractivity contribution in [2.24, 2.45) is 5.92 Å². The largest absolute Gasteiger partial charge is 0.455 e. The van der Waals surface area contributed by atoms with Crippen LogP contribution in [0.15, 0.2) is 41.3 Å². The highest BCUT2D eigenvalue weighted by atomic mass is 35.5. The number of rotatable bonds is 6. The Morgan fingerprint density at radius 3 is 2.88 bits per heavy atom. The maximum absolute atomic E-state index is 12.3. The lowest BCUT2D eigenvalue weighted by atomic mass is 9.89. The van der Waals surface area contributed by atoms with Crippen LogP contribution in [-0.4, -0.2) is 24.2 Å². The third kappa shape index (κ3) is 4.93. The Kier molecular flexibility index (Phi) is 7.04. The lowest BCUT2D eigenvalue weighted by Gasteiger charge is -2.17. The van der Waals surface area contributed by atoms with Crippen molar-refractivity contribution in [2.75, 3.05) is 17.7 Å². The first-order valence-electron chi connectivity index (χ1n) is 10.3. The molecule has 8 heteroatoms. The molecule has 5 nitrogen and oxygen atoms in total. The standard InChI is InChI=1S/C24H21ClN2O3S2/c1-14-8-9-16-17(11-26)24(32-20(16)10-14)27-21(28)12-30-22(29)13-31-19-7-3-5-15-4-2-6-18(25)23(15)19/h2-7,14H,8-10,12-13H2,1H3,(H,27,28). The second-order valence-electron chi connectivity index (χ2n) is 7.76. The summed E-state index contributed by atoms with van der Waals surface area (Å²) in [5, 5.41) is 15.4. The molecular formula is C24H21ClN2O3S2. The molecule has 1 N–H and O–H groups in total. The summed E-state index contributed by atoms with van der Waals surface area (Å²) < 4.78 is 5.15. The van der Waals surface area contributed by atoms with Gasteiger partial charge in [-0.3, -0.25) is 9.59 Å². The van der Waals surface area contributed by atoms with E-state index in [2.05, 4.69) is 18.3 Å². The van der Waals surface area contributed by atoms with Crippen LogP contribution < -0.4 is 5.32 Å². The quantitative estimate of drug-likeness (QED) is 0.352. The minimum Gasteiger partial charge on any atom is -0.455 e. The number of carbonyl (C=O) groups excluding carboxylic acids is 2. The maximum Gasteiger partial charge on any atom is 0.316 e. The van der Waals surface area contributed by atoms with Crippen LogP contribution in [0.2, 0.25) is 5.02 Å². The van der Waals surface area contributed by atoms with E-state index in [1.807, 2.05) is 36.4 Å². The predicted octanol–water partition coefficient (Wildman–Crippen LogP) is 5.83. The molecule has 2 aromatic carbocycles. The number of esters is 1. The zero-order valence-corrected chi connectivity index (χ0v) is 19.8. The summed E-state index contributed by atoms with van der Waals surface area (Å²) in [7, 11) is 0. The number of fused-ring (bicyclic) bond motifs is 2. The van der Waals surface area contributed by atoms with Crippen LogP contribution in [0.5, 0.6) is 0 Å². The number of thioether (sulfide) groups is 1. The van der Waals surface area contributed by atoms with E-state index in [4.69, 9.17) is 16.3 Å². The average molecular weight is 485 g/mol. The molecule has 32 heavy (non-hydrogen) atoms. The van der Waals surface area contributed by atoms with Gasteiger partial charge in [-0.2, -0.15) is 5.26 Å². The third-order valence-corrected chi connectivity index (χ3v) is 7.92. The molecule has 1 atom stereocenters. The average Bonchev–Trinajstić information content (AvgIpc) is 3.12. The Bertz CT molecular complexity index is 1230. The highest BCUT2D eigenvalue weighted by molar-refractivity contribution is 8.00. The zero-order valence-electron chi connectivity index (χ0n) is 17.4. The van der Waals surface area contributed by atoms with Gasteiger partial charge in [0.05, 0.1) is 11.3 Å². The van der Waals surface area contributed by atoms with E-state index < -0.39 is 11.9 Å². The van der Waals surface area contributed by atoms with E-state index in [0.29, 0.717) is 21.5 Å². The highest BCUT2D eigenvalue weighted by Gasteiger charge is 2.24. The van der Waals surface area contributed by atoms with Gasteiger partial charge in [-0.15, -0.1) is 23.1 Å². The second-order valence-corrected chi connectivity index (χ2v) is 10.3. The van der Waals surface area contributed by atoms with E-state index in [0.717, 1.165) is 45.4 Å². The third-order valence-electron chi connectivity index (χ3n) is 5.40. The number of anilines is 1. The van der Waals surface area contributed by atoms with Gasteiger partial charge in [-0.05, 0) is 48.3 Å². The first kappa shape index (κ1) is 22.7. The molecule has 3 aromatic rings. The monoisotopic (exact) mass is 484 g/mol. The topological polar surface area (TPSA) is 79.2 Å². The number of nitriles is 1. The van der Waals surface area contributed by atoms with Crippen LogP contribution in [0.4, 0.5) is 5.00 Å². The fraction of sp³-hybridized carbons (Fsp3) is 0.292. The van der Waals surface area contributed by atoms with Crippen molar-refractivity contribution in [2.45, 2.75) is 31.1 Å². The maximum atomic E-state index is 12.3. The number of nitrogens with zero attached hydrogens (tertiary/aromatic N) is 1. The van der Waals surface area contributed by atoms with Crippen LogP contribution in [-0.2, 0) is 27.2 Å². The number of benzene rings is 2. The second kappa shape index (κ2) is 9.95. The molecule has 0 saturated heterocycles. The minimum absolute atomic E-state index is 0.0618. The summed E-state index contributed by atoms with van der Waals surface area (Å²) in [5.41, 5.74) is 1.59. The predicted molar refractivity (Wildman–Crippen MR) is 129 cm³/mol. The SMILES string of the molecule is CC1CCc2c(sc(NC(=O)COC(=O)CSc3cccc4cccc(Cl)c34)c2C#N)C1. The van der Waals surface area contributed by atoms with Crippen molar-refractivity contribution in [1.29, 1.82) is 5.26 Å². The minimum atomic E-state index is -0.492. The molecule has 0 spiro atoms. The number of hydrogen-bond acceptors (Lipinski definition) is 6. The summed E-state index contributed by atoms with van der Waals surface area (Å²) in [5.74, 6) is -0.299. The number of carbonyl (C=O) groups is 2. The number of thiophene rings is 1. The summed E-state index contributed by atoms with van der Waals surface area (Å²) in [4.78, 5) is 26.6. The van der Waals surface area contributed by atoms with Gasteiger partial charge in [-0.25, -0.2) is 0 Å². The lowest BCUT2D eigenvalue weighted by molar-refractivity contribution is -0.144. The van der Waals surface area contributed by atoms with Crippen LogP contribution in [0.25, 0.3) is 10.8 Å². The van der Waals surface area contributed by atoms with Gasteiger partial charge in [0, 0.05) is 20.2 Å². The first-order valence-corrected chi connectivity index (χ1v) is 12.4. The van der Waals surface area contributed by atoms with Crippen molar-refractivity contribution < 1.29 is 14.3 Å². The van der Waals surface area contributed by atoms with Gasteiger partial charge in [0.25, 0.3) is 5.91 Å². The van der Waals surface area contributed by atoms with Crippen molar-refractivity contribution in [1.82, 2.24) is 0 Å². The zero-order chi connectivity index (χ0) is 22.7. The smallest absolute Gasteiger partial charge is 0.316 e. The summed E-state index contributed by atoms with van der Waals surface area (Å²) in [6, 6.07) is 13.7. The Morgan fingerprint density at radius 1 is 1.31 bits per heavy atom. The summed E-state index contributed by atoms with van der Waals surface area (Å²) >= 11 is 9.10. The van der Waals surface area contributed by atoms with Crippen LogP contribution in [0.3, 0.4) is 0 Å². The molecule has 0 bridgehead atoms. The highest BCUT2D eigenvalue weighted by Crippen LogP contribution is 2.39. The van der Waals surface area contributed by atoms with Crippen molar-refractivity contribution >= 4 is 62.3 Å². The molecule has 1 aliphatic rings. The molecule has 1 heterocycles. The molecular weight excluding hydrogens is 464 g/mol. The van der Waals surface area contributed by atoms with E-state index in [1.165, 1.54) is 23.1 Å². The van der Waals surface area contributed by atoms with Crippen molar-refractivity contribution in [3.05, 3.63) is 57.4 Å². The lowest BCUT2D eigenvalue weighted by Crippen LogP contribution is -2.21. The van der Waals surface area contributed by atoms with E-state index in [-0.39, 0.29) is 12.4 Å². The van der Waals surface area contributed by atoms with Gasteiger partial charge in [0.15, 0.2) is 6.61 Å². The van der Waals surface area contributed by atoms with Gasteiger partial charge in [0.2, 0.25) is 0 Å². The normalized spacial score (nSPS) is 15.1. The van der Waals surface area contributed by atoms with Gasteiger partial charge in [-0.1, -0.05) is 42.8 Å². The molecule has 4 rings (SSSR count). The Balaban J connectivity index is 1.33. The Labute approximate surface area is 199 Å². The first-order chi connectivity index (χ1) is 15.5. The van der Waals surface area contributed by atoms with Crippen molar-refractivity contribution in [3.63, 3.8) is 0 Å².